The first-order valence-electron chi connectivity index (χ1n) is 8.82. The molecule has 0 aromatic carbocycles. The molecule has 27 heavy (non-hydrogen) atoms. The van der Waals surface area contributed by atoms with Crippen molar-refractivity contribution in [2.45, 2.75) is 65.3 Å². The number of esters is 1. The zero-order chi connectivity index (χ0) is 19.9. The van der Waals surface area contributed by atoms with Gasteiger partial charge in [0.05, 0.1) is 6.61 Å². The molecule has 146 valence electrons. The number of hydrogen-bond acceptors (Lipinski definition) is 6. The summed E-state index contributed by atoms with van der Waals surface area (Å²) in [6.07, 6.45) is 7.54. The SMILES string of the molecule is C/C=C/CCC(=O)N(C(=O)CC/C=C/C)C(CC(=O)[O-])C(=O)OCCC.[Na+]. The van der Waals surface area contributed by atoms with Gasteiger partial charge >= 0.3 is 35.5 Å². The first kappa shape index (κ1) is 27.8. The third-order valence-corrected chi connectivity index (χ3v) is 3.45. The van der Waals surface area contributed by atoms with Gasteiger partial charge in [-0.3, -0.25) is 14.5 Å². The van der Waals surface area contributed by atoms with Gasteiger partial charge in [-0.1, -0.05) is 31.2 Å². The van der Waals surface area contributed by atoms with E-state index in [1.165, 1.54) is 0 Å². The average Bonchev–Trinajstić information content (AvgIpc) is 2.59. The molecule has 0 radical (unpaired) electrons. The molecule has 2 amide bonds. The second-order valence-electron chi connectivity index (χ2n) is 5.63. The molecule has 1 atom stereocenters. The van der Waals surface area contributed by atoms with Gasteiger partial charge in [0.15, 0.2) is 0 Å². The smallest absolute Gasteiger partial charge is 0.550 e. The van der Waals surface area contributed by atoms with Crippen LogP contribution in [0.15, 0.2) is 24.3 Å². The van der Waals surface area contributed by atoms with E-state index in [9.17, 15) is 24.3 Å². The maximum atomic E-state index is 12.5. The van der Waals surface area contributed by atoms with Gasteiger partial charge in [0.2, 0.25) is 11.8 Å². The number of amides is 2. The molecule has 0 aliphatic heterocycles. The van der Waals surface area contributed by atoms with Gasteiger partial charge in [-0.15, -0.1) is 0 Å². The van der Waals surface area contributed by atoms with Gasteiger partial charge in [0.25, 0.3) is 0 Å². The van der Waals surface area contributed by atoms with Crippen molar-refractivity contribution in [2.24, 2.45) is 0 Å². The Balaban J connectivity index is 0. The van der Waals surface area contributed by atoms with Crippen LogP contribution in [-0.4, -0.2) is 41.3 Å². The fraction of sp³-hybridized carbons (Fsp3) is 0.579. The monoisotopic (exact) mass is 389 g/mol. The van der Waals surface area contributed by atoms with Crippen LogP contribution < -0.4 is 34.7 Å². The number of allylic oxidation sites excluding steroid dienone is 4. The first-order valence-corrected chi connectivity index (χ1v) is 8.82. The van der Waals surface area contributed by atoms with Crippen LogP contribution in [0.25, 0.3) is 0 Å². The van der Waals surface area contributed by atoms with E-state index >= 15 is 0 Å². The summed E-state index contributed by atoms with van der Waals surface area (Å²) in [6.45, 7) is 5.45. The number of rotatable bonds is 12. The van der Waals surface area contributed by atoms with E-state index in [0.717, 1.165) is 4.90 Å². The molecule has 0 rings (SSSR count). The number of ether oxygens (including phenoxy) is 1. The Hall–Kier alpha value is -1.44. The minimum Gasteiger partial charge on any atom is -0.550 e. The summed E-state index contributed by atoms with van der Waals surface area (Å²) < 4.78 is 4.98. The van der Waals surface area contributed by atoms with Gasteiger partial charge in [-0.05, 0) is 33.1 Å². The number of hydrogen-bond donors (Lipinski definition) is 0. The van der Waals surface area contributed by atoms with E-state index in [-0.39, 0.29) is 49.0 Å². The van der Waals surface area contributed by atoms with Gasteiger partial charge in [-0.25, -0.2) is 4.79 Å². The Morgan fingerprint density at radius 2 is 1.48 bits per heavy atom. The molecule has 0 aromatic heterocycles. The molecule has 0 saturated heterocycles. The normalized spacial score (nSPS) is 11.8. The number of aliphatic carboxylic acids is 1. The first-order chi connectivity index (χ1) is 12.4. The van der Waals surface area contributed by atoms with Crippen molar-refractivity contribution in [1.82, 2.24) is 4.90 Å². The van der Waals surface area contributed by atoms with Gasteiger partial charge in [-0.2, -0.15) is 0 Å². The maximum Gasteiger partial charge on any atom is 1.00 e. The Morgan fingerprint density at radius 3 is 1.85 bits per heavy atom. The Morgan fingerprint density at radius 1 is 1.00 bits per heavy atom. The van der Waals surface area contributed by atoms with Crippen LogP contribution in [0.4, 0.5) is 0 Å². The van der Waals surface area contributed by atoms with Crippen molar-refractivity contribution in [3.63, 3.8) is 0 Å². The topological polar surface area (TPSA) is 104 Å². The minimum absolute atomic E-state index is 0. The molecule has 0 aliphatic carbocycles. The third kappa shape index (κ3) is 11.8. The number of nitrogens with zero attached hydrogens (tertiary/aromatic N) is 1. The molecule has 0 spiro atoms. The summed E-state index contributed by atoms with van der Waals surface area (Å²) >= 11 is 0. The van der Waals surface area contributed by atoms with Crippen molar-refractivity contribution in [2.75, 3.05) is 6.61 Å². The zero-order valence-corrected chi connectivity index (χ0v) is 18.7. The molecule has 0 fully saturated rings. The summed E-state index contributed by atoms with van der Waals surface area (Å²) in [5, 5.41) is 11.1. The van der Waals surface area contributed by atoms with Crippen molar-refractivity contribution in [1.29, 1.82) is 0 Å². The molecule has 0 aliphatic rings. The van der Waals surface area contributed by atoms with E-state index < -0.39 is 36.2 Å². The Kier molecular flexibility index (Phi) is 17.2. The van der Waals surface area contributed by atoms with E-state index in [0.29, 0.717) is 19.3 Å². The van der Waals surface area contributed by atoms with E-state index in [4.69, 9.17) is 4.74 Å². The summed E-state index contributed by atoms with van der Waals surface area (Å²) in [5.74, 6) is -3.65. The van der Waals surface area contributed by atoms with Crippen molar-refractivity contribution < 1.29 is 58.6 Å². The molecule has 8 heteroatoms. The predicted octanol–water partition coefficient (Wildman–Crippen LogP) is -1.48. The molecule has 0 bridgehead atoms. The number of carboxylic acids is 1. The fourth-order valence-electron chi connectivity index (χ4n) is 2.21. The molecule has 0 aromatic rings. The fourth-order valence-corrected chi connectivity index (χ4v) is 2.21. The zero-order valence-electron chi connectivity index (χ0n) is 16.7. The van der Waals surface area contributed by atoms with E-state index in [1.54, 1.807) is 45.1 Å². The summed E-state index contributed by atoms with van der Waals surface area (Å²) in [7, 11) is 0. The maximum absolute atomic E-state index is 12.5. The van der Waals surface area contributed by atoms with E-state index in [1.807, 2.05) is 0 Å². The van der Waals surface area contributed by atoms with Crippen LogP contribution in [-0.2, 0) is 23.9 Å². The summed E-state index contributed by atoms with van der Waals surface area (Å²) in [4.78, 5) is 49.1. The average molecular weight is 389 g/mol. The third-order valence-electron chi connectivity index (χ3n) is 3.45. The largest absolute Gasteiger partial charge is 1.00 e. The molecule has 1 unspecified atom stereocenters. The number of carbonyl (C=O) groups excluding carboxylic acids is 4. The van der Waals surface area contributed by atoms with Crippen LogP contribution in [0.3, 0.4) is 0 Å². The molecular weight excluding hydrogens is 361 g/mol. The molecule has 0 N–H and O–H groups in total. The molecular formula is C19H28NNaO6. The summed E-state index contributed by atoms with van der Waals surface area (Å²) in [5.41, 5.74) is 0. The number of carboxylic acid groups (broad SMARTS) is 1. The standard InChI is InChI=1S/C19H29NO6.Na/c1-4-7-9-11-16(21)20(17(22)12-10-8-5-2)15(14-18(23)24)19(25)26-13-6-3;/h4-5,7-8,15H,6,9-14H2,1-3H3,(H,23,24);/q;+1/p-1/b7-4+,8-5+;. The van der Waals surface area contributed by atoms with Crippen LogP contribution in [0.1, 0.15) is 59.3 Å². The second-order valence-corrected chi connectivity index (χ2v) is 5.63. The molecule has 0 heterocycles. The van der Waals surface area contributed by atoms with Gasteiger partial charge in [0, 0.05) is 25.2 Å². The van der Waals surface area contributed by atoms with Crippen molar-refractivity contribution >= 4 is 23.8 Å². The Labute approximate surface area is 183 Å². The number of carbonyl (C=O) groups is 4. The van der Waals surface area contributed by atoms with Gasteiger partial charge < -0.3 is 14.6 Å². The molecule has 7 nitrogen and oxygen atoms in total. The quantitative estimate of drug-likeness (QED) is 0.229. The predicted molar refractivity (Wildman–Crippen MR) is 94.6 cm³/mol. The van der Waals surface area contributed by atoms with Crippen LogP contribution in [0.2, 0.25) is 0 Å². The molecule has 0 saturated carbocycles. The van der Waals surface area contributed by atoms with Crippen LogP contribution >= 0.6 is 0 Å². The van der Waals surface area contributed by atoms with Crippen LogP contribution in [0.5, 0.6) is 0 Å². The van der Waals surface area contributed by atoms with Crippen molar-refractivity contribution in [3.8, 4) is 0 Å². The van der Waals surface area contributed by atoms with E-state index in [2.05, 4.69) is 0 Å². The van der Waals surface area contributed by atoms with Crippen molar-refractivity contribution in [3.05, 3.63) is 24.3 Å². The van der Waals surface area contributed by atoms with Crippen LogP contribution in [0, 0.1) is 0 Å². The minimum atomic E-state index is -1.53. The summed E-state index contributed by atoms with van der Waals surface area (Å²) in [6, 6.07) is -1.51. The number of imide groups is 1. The van der Waals surface area contributed by atoms with Gasteiger partial charge in [0.1, 0.15) is 6.04 Å². The second kappa shape index (κ2) is 16.7. The Bertz CT molecular complexity index is 516.